The van der Waals surface area contributed by atoms with Crippen LogP contribution in [0.2, 0.25) is 0 Å². The minimum Gasteiger partial charge on any atom is -0.273 e. The van der Waals surface area contributed by atoms with Crippen molar-refractivity contribution < 1.29 is 26.7 Å². The molecule has 0 heterocycles. The number of carbonyl (C=O) groups is 1. The van der Waals surface area contributed by atoms with Gasteiger partial charge in [-0.3, -0.25) is 4.79 Å². The lowest BCUT2D eigenvalue weighted by Gasteiger charge is -2.04. The summed E-state index contributed by atoms with van der Waals surface area (Å²) in [5.41, 5.74) is 0.797. The monoisotopic (exact) mass is 350 g/mol. The molecule has 0 radical (unpaired) electrons. The number of nitrogens with one attached hydrogen (secondary N) is 1. The average molecular weight is 350 g/mol. The molecule has 0 aliphatic carbocycles. The number of rotatable bonds is 9. The molecule has 0 unspecified atom stereocenters. The normalized spacial score (nSPS) is 11.2. The Labute approximate surface area is 136 Å². The third-order valence-electron chi connectivity index (χ3n) is 3.38. The first-order valence-electron chi connectivity index (χ1n) is 7.73. The zero-order chi connectivity index (χ0) is 18.1. The van der Waals surface area contributed by atoms with Gasteiger partial charge >= 0.3 is 0 Å². The lowest BCUT2D eigenvalue weighted by atomic mass is 10.1. The molecule has 0 fully saturated rings. The van der Waals surface area contributed by atoms with Crippen molar-refractivity contribution in [3.8, 4) is 0 Å². The Kier molecular flexibility index (Phi) is 8.35. The molecule has 24 heavy (non-hydrogen) atoms. The molecule has 0 saturated heterocycles. The number of amides is 1. The van der Waals surface area contributed by atoms with Gasteiger partial charge in [0.05, 0.1) is 11.8 Å². The van der Waals surface area contributed by atoms with Gasteiger partial charge in [0.2, 0.25) is 11.7 Å². The minimum absolute atomic E-state index is 0.167. The van der Waals surface area contributed by atoms with E-state index in [1.807, 2.05) is 5.43 Å². The van der Waals surface area contributed by atoms with Crippen LogP contribution in [-0.2, 0) is 4.79 Å². The summed E-state index contributed by atoms with van der Waals surface area (Å²) in [5.74, 6) is -10.9. The van der Waals surface area contributed by atoms with Crippen LogP contribution in [0.15, 0.2) is 5.10 Å². The number of nitrogens with zero attached hydrogens (tertiary/aromatic N) is 1. The van der Waals surface area contributed by atoms with Crippen molar-refractivity contribution in [1.82, 2.24) is 5.43 Å². The largest absolute Gasteiger partial charge is 0.273 e. The maximum atomic E-state index is 13.4. The summed E-state index contributed by atoms with van der Waals surface area (Å²) in [6.07, 6.45) is 6.43. The van der Waals surface area contributed by atoms with E-state index in [0.29, 0.717) is 12.6 Å². The molecule has 0 aliphatic rings. The predicted octanol–water partition coefficient (Wildman–Crippen LogP) is 4.58. The lowest BCUT2D eigenvalue weighted by Crippen LogP contribution is -2.17. The van der Waals surface area contributed by atoms with Crippen LogP contribution < -0.4 is 5.43 Å². The third-order valence-corrected chi connectivity index (χ3v) is 3.38. The van der Waals surface area contributed by atoms with Crippen LogP contribution in [-0.4, -0.2) is 12.1 Å². The van der Waals surface area contributed by atoms with Crippen LogP contribution in [0, 0.1) is 29.1 Å². The van der Waals surface area contributed by atoms with Crippen LogP contribution in [0.4, 0.5) is 22.0 Å². The first-order valence-corrected chi connectivity index (χ1v) is 7.73. The highest BCUT2D eigenvalue weighted by atomic mass is 19.2. The maximum absolute atomic E-state index is 13.4. The molecular formula is C16H19F5N2O. The number of hydrogen-bond donors (Lipinski definition) is 1. The van der Waals surface area contributed by atoms with Crippen LogP contribution in [0.5, 0.6) is 0 Å². The molecule has 1 amide bonds. The molecule has 1 rings (SSSR count). The Morgan fingerprint density at radius 1 is 0.875 bits per heavy atom. The highest BCUT2D eigenvalue weighted by Crippen LogP contribution is 2.21. The Balaban J connectivity index is 2.52. The Hall–Kier alpha value is -1.99. The highest BCUT2D eigenvalue weighted by molar-refractivity contribution is 5.83. The van der Waals surface area contributed by atoms with Gasteiger partial charge in [0.25, 0.3) is 0 Å². The van der Waals surface area contributed by atoms with E-state index in [0.717, 1.165) is 32.1 Å². The minimum atomic E-state index is -2.24. The van der Waals surface area contributed by atoms with Gasteiger partial charge in [-0.1, -0.05) is 39.0 Å². The Bertz CT molecular complexity index is 576. The van der Waals surface area contributed by atoms with E-state index < -0.39 is 40.6 Å². The molecule has 0 spiro atoms. The molecule has 8 heteroatoms. The third kappa shape index (κ3) is 5.58. The number of hydrazone groups is 1. The van der Waals surface area contributed by atoms with Crippen LogP contribution in [0.1, 0.15) is 57.4 Å². The summed E-state index contributed by atoms with van der Waals surface area (Å²) in [4.78, 5) is 11.5. The van der Waals surface area contributed by atoms with Crippen molar-refractivity contribution >= 4 is 12.1 Å². The van der Waals surface area contributed by atoms with E-state index >= 15 is 0 Å². The first-order chi connectivity index (χ1) is 11.4. The fraction of sp³-hybridized carbons (Fsp3) is 0.500. The van der Waals surface area contributed by atoms with Gasteiger partial charge in [0.15, 0.2) is 23.3 Å². The maximum Gasteiger partial charge on any atom is 0.240 e. The van der Waals surface area contributed by atoms with Gasteiger partial charge in [-0.05, 0) is 6.42 Å². The summed E-state index contributed by atoms with van der Waals surface area (Å²) in [5, 5.41) is 3.24. The van der Waals surface area contributed by atoms with Crippen molar-refractivity contribution in [2.45, 2.75) is 51.9 Å². The average Bonchev–Trinajstić information content (AvgIpc) is 2.57. The molecule has 1 N–H and O–H groups in total. The second-order valence-corrected chi connectivity index (χ2v) is 5.29. The van der Waals surface area contributed by atoms with Crippen molar-refractivity contribution in [2.24, 2.45) is 5.10 Å². The predicted molar refractivity (Wildman–Crippen MR) is 80.0 cm³/mol. The standard InChI is InChI=1S/C16H19F5N2O/c1-2-3-4-5-6-7-8-11(24)23-22-9-10-12(17)14(19)16(21)15(20)13(10)18/h9H,2-8H2,1H3,(H,23,24)/b22-9-. The molecule has 1 aromatic carbocycles. The lowest BCUT2D eigenvalue weighted by molar-refractivity contribution is -0.121. The fourth-order valence-electron chi connectivity index (χ4n) is 2.03. The van der Waals surface area contributed by atoms with Crippen LogP contribution >= 0.6 is 0 Å². The smallest absolute Gasteiger partial charge is 0.240 e. The Morgan fingerprint density at radius 2 is 1.38 bits per heavy atom. The highest BCUT2D eigenvalue weighted by Gasteiger charge is 2.24. The summed E-state index contributed by atoms with van der Waals surface area (Å²) >= 11 is 0. The van der Waals surface area contributed by atoms with Crippen LogP contribution in [0.25, 0.3) is 0 Å². The van der Waals surface area contributed by atoms with Crippen molar-refractivity contribution in [3.05, 3.63) is 34.6 Å². The topological polar surface area (TPSA) is 41.5 Å². The number of halogens is 5. The zero-order valence-corrected chi connectivity index (χ0v) is 13.3. The molecule has 0 saturated carbocycles. The molecule has 0 atom stereocenters. The SMILES string of the molecule is CCCCCCCCC(=O)N/N=C\c1c(F)c(F)c(F)c(F)c1F. The van der Waals surface area contributed by atoms with Gasteiger partial charge < -0.3 is 0 Å². The van der Waals surface area contributed by atoms with Gasteiger partial charge in [-0.15, -0.1) is 0 Å². The van der Waals surface area contributed by atoms with Crippen molar-refractivity contribution in [3.63, 3.8) is 0 Å². The molecule has 3 nitrogen and oxygen atoms in total. The van der Waals surface area contributed by atoms with Crippen LogP contribution in [0.3, 0.4) is 0 Å². The Morgan fingerprint density at radius 3 is 1.96 bits per heavy atom. The van der Waals surface area contributed by atoms with Gasteiger partial charge in [0.1, 0.15) is 0 Å². The number of benzene rings is 1. The quantitative estimate of drug-likeness (QED) is 0.174. The second-order valence-electron chi connectivity index (χ2n) is 5.29. The number of hydrogen-bond acceptors (Lipinski definition) is 2. The molecule has 0 aromatic heterocycles. The van der Waals surface area contributed by atoms with Gasteiger partial charge in [-0.2, -0.15) is 5.10 Å². The van der Waals surface area contributed by atoms with Crippen molar-refractivity contribution in [2.75, 3.05) is 0 Å². The fourth-order valence-corrected chi connectivity index (χ4v) is 2.03. The van der Waals surface area contributed by atoms with E-state index in [9.17, 15) is 26.7 Å². The summed E-state index contributed by atoms with van der Waals surface area (Å²) in [6, 6.07) is 0. The molecule has 1 aromatic rings. The number of unbranched alkanes of at least 4 members (excludes halogenated alkanes) is 5. The summed E-state index contributed by atoms with van der Waals surface area (Å²) in [6.45, 7) is 2.09. The molecule has 0 bridgehead atoms. The van der Waals surface area contributed by atoms with E-state index in [2.05, 4.69) is 12.0 Å². The molecular weight excluding hydrogens is 331 g/mol. The van der Waals surface area contributed by atoms with E-state index in [-0.39, 0.29) is 6.42 Å². The molecule has 0 aliphatic heterocycles. The van der Waals surface area contributed by atoms with E-state index in [1.165, 1.54) is 0 Å². The second kappa shape index (κ2) is 10.00. The first kappa shape index (κ1) is 20.1. The van der Waals surface area contributed by atoms with E-state index in [1.54, 1.807) is 0 Å². The van der Waals surface area contributed by atoms with E-state index in [4.69, 9.17) is 0 Å². The van der Waals surface area contributed by atoms with Crippen molar-refractivity contribution in [1.29, 1.82) is 0 Å². The summed E-state index contributed by atoms with van der Waals surface area (Å²) in [7, 11) is 0. The van der Waals surface area contributed by atoms with Gasteiger partial charge in [-0.25, -0.2) is 27.4 Å². The number of carbonyl (C=O) groups excluding carboxylic acids is 1. The van der Waals surface area contributed by atoms with Gasteiger partial charge in [0, 0.05) is 6.42 Å². The summed E-state index contributed by atoms with van der Waals surface area (Å²) < 4.78 is 65.5. The zero-order valence-electron chi connectivity index (χ0n) is 13.3. The molecule has 134 valence electrons.